The molecule has 1 aromatic carbocycles. The summed E-state index contributed by atoms with van der Waals surface area (Å²) in [5.74, 6) is 0.542. The Morgan fingerprint density at radius 1 is 1.14 bits per heavy atom. The van der Waals surface area contributed by atoms with Crippen LogP contribution in [0.2, 0.25) is 0 Å². The molecule has 1 atom stereocenters. The van der Waals surface area contributed by atoms with Crippen LogP contribution in [0.1, 0.15) is 24.7 Å². The summed E-state index contributed by atoms with van der Waals surface area (Å²) in [7, 11) is 0. The van der Waals surface area contributed by atoms with E-state index >= 15 is 0 Å². The summed E-state index contributed by atoms with van der Waals surface area (Å²) in [5.41, 5.74) is 1.67. The molecule has 3 aromatic rings. The van der Waals surface area contributed by atoms with E-state index < -0.39 is 11.6 Å². The normalized spacial score (nSPS) is 18.1. The van der Waals surface area contributed by atoms with Gasteiger partial charge < -0.3 is 25.0 Å². The molecule has 2 aliphatic rings. The van der Waals surface area contributed by atoms with Crippen molar-refractivity contribution >= 4 is 11.8 Å². The molecule has 1 saturated heterocycles. The van der Waals surface area contributed by atoms with Gasteiger partial charge in [0.15, 0.2) is 0 Å². The summed E-state index contributed by atoms with van der Waals surface area (Å²) in [6, 6.07) is 7.19. The molecule has 5 rings (SSSR count). The maximum Gasteiger partial charge on any atom is 0.315 e. The Bertz CT molecular complexity index is 1210. The lowest BCUT2D eigenvalue weighted by Gasteiger charge is -2.34. The van der Waals surface area contributed by atoms with E-state index in [4.69, 9.17) is 0 Å². The van der Waals surface area contributed by atoms with Crippen molar-refractivity contribution in [2.45, 2.75) is 38.9 Å². The highest BCUT2D eigenvalue weighted by molar-refractivity contribution is 5.74. The third-order valence-electron chi connectivity index (χ3n) is 6.94. The van der Waals surface area contributed by atoms with Gasteiger partial charge in [-0.15, -0.1) is 0 Å². The third-order valence-corrected chi connectivity index (χ3v) is 6.94. The number of imidazole rings is 1. The molecule has 8 nitrogen and oxygen atoms in total. The van der Waals surface area contributed by atoms with Crippen LogP contribution in [0.25, 0.3) is 11.3 Å². The molecule has 10 heteroatoms. The summed E-state index contributed by atoms with van der Waals surface area (Å²) in [6.07, 6.45) is 4.96. The van der Waals surface area contributed by atoms with E-state index in [-0.39, 0.29) is 17.6 Å². The number of piperazine rings is 1. The summed E-state index contributed by atoms with van der Waals surface area (Å²) in [5, 5.41) is 5.92. The fourth-order valence-corrected chi connectivity index (χ4v) is 4.81. The fraction of sp³-hybridized carbons (Fsp3) is 0.423. The first-order chi connectivity index (χ1) is 17.5. The number of nitrogens with one attached hydrogen (secondary N) is 2. The van der Waals surface area contributed by atoms with Crippen molar-refractivity contribution in [2.75, 3.05) is 37.6 Å². The Morgan fingerprint density at radius 2 is 1.97 bits per heavy atom. The van der Waals surface area contributed by atoms with Crippen molar-refractivity contribution in [1.29, 1.82) is 0 Å². The number of anilines is 1. The number of halogens is 2. The average Bonchev–Trinajstić information content (AvgIpc) is 3.31. The van der Waals surface area contributed by atoms with Crippen LogP contribution in [0, 0.1) is 11.6 Å². The summed E-state index contributed by atoms with van der Waals surface area (Å²) >= 11 is 0. The number of fused-ring (bicyclic) bond motifs is 1. The molecule has 1 unspecified atom stereocenters. The average molecular weight is 496 g/mol. The Kier molecular flexibility index (Phi) is 7.13. The first-order valence-electron chi connectivity index (χ1n) is 12.5. The van der Waals surface area contributed by atoms with Gasteiger partial charge in [-0.2, -0.15) is 0 Å². The van der Waals surface area contributed by atoms with Crippen LogP contribution in [-0.2, 0) is 19.5 Å². The van der Waals surface area contributed by atoms with Gasteiger partial charge in [-0.1, -0.05) is 13.0 Å². The molecule has 1 fully saturated rings. The van der Waals surface area contributed by atoms with Crippen LogP contribution in [0.5, 0.6) is 0 Å². The number of aromatic nitrogens is 3. The highest BCUT2D eigenvalue weighted by Crippen LogP contribution is 2.25. The molecular formula is C26H31F2N7O. The molecule has 2 amide bonds. The van der Waals surface area contributed by atoms with Crippen LogP contribution in [0.3, 0.4) is 0 Å². The Morgan fingerprint density at radius 3 is 2.69 bits per heavy atom. The van der Waals surface area contributed by atoms with E-state index in [0.717, 1.165) is 62.4 Å². The second-order valence-corrected chi connectivity index (χ2v) is 9.33. The van der Waals surface area contributed by atoms with Crippen molar-refractivity contribution in [2.24, 2.45) is 0 Å². The fourth-order valence-electron chi connectivity index (χ4n) is 4.81. The molecule has 0 saturated carbocycles. The van der Waals surface area contributed by atoms with Crippen LogP contribution < -0.4 is 15.5 Å². The van der Waals surface area contributed by atoms with Crippen molar-refractivity contribution in [1.82, 2.24) is 30.1 Å². The lowest BCUT2D eigenvalue weighted by molar-refractivity contribution is 0.232. The number of nitrogens with zero attached hydrogens (tertiary/aromatic N) is 5. The zero-order valence-corrected chi connectivity index (χ0v) is 20.4. The number of rotatable bonds is 6. The number of amides is 2. The molecule has 2 aliphatic heterocycles. The van der Waals surface area contributed by atoms with Crippen molar-refractivity contribution in [3.05, 3.63) is 65.7 Å². The first-order valence-corrected chi connectivity index (χ1v) is 12.5. The molecule has 36 heavy (non-hydrogen) atoms. The molecule has 0 radical (unpaired) electrons. The third kappa shape index (κ3) is 5.48. The smallest absolute Gasteiger partial charge is 0.315 e. The van der Waals surface area contributed by atoms with Crippen LogP contribution in [-0.4, -0.2) is 64.2 Å². The quantitative estimate of drug-likeness (QED) is 0.549. The Balaban J connectivity index is 1.11. The number of carbonyl (C=O) groups excluding carboxylic acids is 1. The van der Waals surface area contributed by atoms with Gasteiger partial charge in [0, 0.05) is 75.8 Å². The molecule has 190 valence electrons. The number of urea groups is 1. The Hall–Kier alpha value is -3.53. The molecule has 0 aliphatic carbocycles. The molecule has 0 bridgehead atoms. The van der Waals surface area contributed by atoms with Gasteiger partial charge in [0.25, 0.3) is 0 Å². The number of likely N-dealkylation sites (N-methyl/N-ethyl adjacent to an activating group) is 1. The van der Waals surface area contributed by atoms with E-state index in [0.29, 0.717) is 25.2 Å². The predicted molar refractivity (Wildman–Crippen MR) is 134 cm³/mol. The minimum absolute atomic E-state index is 0.0695. The minimum Gasteiger partial charge on any atom is -0.354 e. The van der Waals surface area contributed by atoms with Gasteiger partial charge in [0.1, 0.15) is 23.3 Å². The maximum atomic E-state index is 14.2. The van der Waals surface area contributed by atoms with Gasteiger partial charge in [-0.05, 0) is 36.7 Å². The molecular weight excluding hydrogens is 464 g/mol. The molecule has 2 N–H and O–H groups in total. The highest BCUT2D eigenvalue weighted by atomic mass is 19.1. The second kappa shape index (κ2) is 10.6. The van der Waals surface area contributed by atoms with Gasteiger partial charge in [0.05, 0.1) is 5.69 Å². The topological polar surface area (TPSA) is 78.3 Å². The number of aryl methyl sites for hydroxylation is 1. The SMILES string of the molecule is CCN1CCN(c2ccc(CNC(=O)NC3CCc4nc(-c5ccc(F)cc5F)cn4C3)cn2)CC1. The molecule has 4 heterocycles. The van der Waals surface area contributed by atoms with Crippen molar-refractivity contribution in [3.8, 4) is 11.3 Å². The second-order valence-electron chi connectivity index (χ2n) is 9.33. The summed E-state index contributed by atoms with van der Waals surface area (Å²) in [6.45, 7) is 8.24. The summed E-state index contributed by atoms with van der Waals surface area (Å²) in [4.78, 5) is 26.3. The van der Waals surface area contributed by atoms with E-state index in [1.807, 2.05) is 22.9 Å². The number of carbonyl (C=O) groups is 1. The maximum absolute atomic E-state index is 14.2. The van der Waals surface area contributed by atoms with Crippen molar-refractivity contribution < 1.29 is 13.6 Å². The van der Waals surface area contributed by atoms with Crippen LogP contribution >= 0.6 is 0 Å². The Labute approximate surface area is 209 Å². The lowest BCUT2D eigenvalue weighted by Crippen LogP contribution is -2.46. The van der Waals surface area contributed by atoms with Crippen LogP contribution in [0.4, 0.5) is 19.4 Å². The summed E-state index contributed by atoms with van der Waals surface area (Å²) < 4.78 is 29.3. The minimum atomic E-state index is -0.638. The van der Waals surface area contributed by atoms with Crippen LogP contribution in [0.15, 0.2) is 42.7 Å². The predicted octanol–water partition coefficient (Wildman–Crippen LogP) is 3.18. The van der Waals surface area contributed by atoms with Gasteiger partial charge in [0.2, 0.25) is 0 Å². The molecule has 2 aromatic heterocycles. The highest BCUT2D eigenvalue weighted by Gasteiger charge is 2.23. The van der Waals surface area contributed by atoms with E-state index in [9.17, 15) is 13.6 Å². The number of benzene rings is 1. The zero-order valence-electron chi connectivity index (χ0n) is 20.4. The van der Waals surface area contributed by atoms with E-state index in [1.165, 1.54) is 12.1 Å². The van der Waals surface area contributed by atoms with Gasteiger partial charge in [-0.3, -0.25) is 0 Å². The van der Waals surface area contributed by atoms with E-state index in [1.54, 1.807) is 6.20 Å². The van der Waals surface area contributed by atoms with Gasteiger partial charge >= 0.3 is 6.03 Å². The van der Waals surface area contributed by atoms with E-state index in [2.05, 4.69) is 37.3 Å². The zero-order chi connectivity index (χ0) is 25.1. The van der Waals surface area contributed by atoms with Crippen molar-refractivity contribution in [3.63, 3.8) is 0 Å². The largest absolute Gasteiger partial charge is 0.354 e. The number of hydrogen-bond acceptors (Lipinski definition) is 5. The standard InChI is InChI=1S/C26H31F2N7O/c1-2-33-9-11-34(12-10-33)24-7-3-18(14-29-24)15-30-26(36)31-20-5-8-25-32-23(17-35(25)16-20)21-6-4-19(27)13-22(21)28/h3-4,6-7,13-14,17,20H,2,5,8-12,15-16H2,1H3,(H2,30,31,36). The molecule has 0 spiro atoms. The lowest BCUT2D eigenvalue weighted by atomic mass is 10.1. The van der Waals surface area contributed by atoms with Gasteiger partial charge in [-0.25, -0.2) is 23.5 Å². The monoisotopic (exact) mass is 495 g/mol. The number of pyridine rings is 1. The number of hydrogen-bond donors (Lipinski definition) is 2. The first kappa shape index (κ1) is 24.2.